The van der Waals surface area contributed by atoms with Gasteiger partial charge in [-0.25, -0.2) is 0 Å². The zero-order valence-electron chi connectivity index (χ0n) is 12.4. The lowest BCUT2D eigenvalue weighted by Crippen LogP contribution is -2.13. The van der Waals surface area contributed by atoms with E-state index in [1.165, 1.54) is 5.56 Å². The van der Waals surface area contributed by atoms with E-state index in [1.807, 2.05) is 48.7 Å². The van der Waals surface area contributed by atoms with Gasteiger partial charge in [-0.05, 0) is 49.1 Å². The molecule has 0 fully saturated rings. The van der Waals surface area contributed by atoms with Gasteiger partial charge < -0.3 is 10.1 Å². The number of para-hydroxylation sites is 1. The predicted octanol–water partition coefficient (Wildman–Crippen LogP) is 5.35. The molecule has 4 heteroatoms. The lowest BCUT2D eigenvalue weighted by Gasteiger charge is -2.12. The number of hydrogen-bond donors (Lipinski definition) is 1. The monoisotopic (exact) mass is 321 g/mol. The van der Waals surface area contributed by atoms with Gasteiger partial charge in [0.2, 0.25) is 0 Å². The molecule has 0 amide bonds. The van der Waals surface area contributed by atoms with Crippen molar-refractivity contribution < 1.29 is 4.74 Å². The highest BCUT2D eigenvalue weighted by molar-refractivity contribution is 7.98. The number of thioether (sulfide) groups is 1. The molecule has 0 saturated heterocycles. The van der Waals surface area contributed by atoms with Gasteiger partial charge in [0.05, 0.1) is 5.02 Å². The van der Waals surface area contributed by atoms with Gasteiger partial charge in [0.1, 0.15) is 11.5 Å². The molecule has 2 rings (SSSR count). The molecule has 2 aromatic carbocycles. The fourth-order valence-corrected chi connectivity index (χ4v) is 2.74. The Labute approximate surface area is 135 Å². The maximum absolute atomic E-state index is 6.33. The van der Waals surface area contributed by atoms with Gasteiger partial charge in [0.15, 0.2) is 0 Å². The molecule has 0 atom stereocenters. The molecular weight excluding hydrogens is 302 g/mol. The Morgan fingerprint density at radius 1 is 1.14 bits per heavy atom. The average molecular weight is 322 g/mol. The van der Waals surface area contributed by atoms with Gasteiger partial charge in [-0.3, -0.25) is 0 Å². The summed E-state index contributed by atoms with van der Waals surface area (Å²) < 4.78 is 5.94. The normalized spacial score (nSPS) is 10.6. The van der Waals surface area contributed by atoms with Crippen LogP contribution in [-0.4, -0.2) is 12.8 Å². The molecule has 0 spiro atoms. The van der Waals surface area contributed by atoms with E-state index < -0.39 is 0 Å². The van der Waals surface area contributed by atoms with Crippen molar-refractivity contribution in [1.82, 2.24) is 5.32 Å². The fourth-order valence-electron chi connectivity index (χ4n) is 1.97. The van der Waals surface area contributed by atoms with Crippen LogP contribution in [0.2, 0.25) is 5.02 Å². The third-order valence-corrected chi connectivity index (χ3v) is 4.11. The van der Waals surface area contributed by atoms with Crippen LogP contribution in [-0.2, 0) is 6.54 Å². The number of nitrogens with one attached hydrogen (secondary N) is 1. The van der Waals surface area contributed by atoms with Crippen molar-refractivity contribution in [1.29, 1.82) is 0 Å². The Hall–Kier alpha value is -1.16. The summed E-state index contributed by atoms with van der Waals surface area (Å²) >= 11 is 7.99. The summed E-state index contributed by atoms with van der Waals surface area (Å²) in [4.78, 5) is 1.10. The second-order valence-electron chi connectivity index (χ2n) is 4.69. The molecule has 21 heavy (non-hydrogen) atoms. The topological polar surface area (TPSA) is 21.3 Å². The molecule has 0 aliphatic rings. The van der Waals surface area contributed by atoms with E-state index >= 15 is 0 Å². The van der Waals surface area contributed by atoms with Gasteiger partial charge in [-0.15, -0.1) is 11.8 Å². The van der Waals surface area contributed by atoms with Crippen LogP contribution in [0.3, 0.4) is 0 Å². The molecular formula is C17H20ClNOS. The summed E-state index contributed by atoms with van der Waals surface area (Å²) in [6.07, 6.45) is 3.16. The molecule has 0 aliphatic heterocycles. The summed E-state index contributed by atoms with van der Waals surface area (Å²) in [7, 11) is 0. The lowest BCUT2D eigenvalue weighted by atomic mass is 10.2. The van der Waals surface area contributed by atoms with E-state index in [0.717, 1.165) is 30.2 Å². The molecule has 1 N–H and O–H groups in total. The molecule has 112 valence electrons. The van der Waals surface area contributed by atoms with Crippen LogP contribution < -0.4 is 10.1 Å². The van der Waals surface area contributed by atoms with E-state index in [-0.39, 0.29) is 0 Å². The third-order valence-electron chi connectivity index (χ3n) is 3.04. The van der Waals surface area contributed by atoms with Crippen LogP contribution in [0.15, 0.2) is 47.4 Å². The Balaban J connectivity index is 2.10. The summed E-state index contributed by atoms with van der Waals surface area (Å²) in [5.74, 6) is 1.53. The minimum absolute atomic E-state index is 0.640. The fraction of sp³-hybridized carbons (Fsp3) is 0.294. The summed E-state index contributed by atoms with van der Waals surface area (Å²) in [5, 5.41) is 4.00. The molecule has 0 aromatic heterocycles. The van der Waals surface area contributed by atoms with Gasteiger partial charge >= 0.3 is 0 Å². The van der Waals surface area contributed by atoms with Crippen molar-refractivity contribution in [3.63, 3.8) is 0 Å². The van der Waals surface area contributed by atoms with E-state index in [0.29, 0.717) is 10.8 Å². The van der Waals surface area contributed by atoms with Crippen molar-refractivity contribution in [2.24, 2.45) is 0 Å². The number of rotatable bonds is 7. The van der Waals surface area contributed by atoms with E-state index in [4.69, 9.17) is 16.3 Å². The molecule has 0 bridgehead atoms. The largest absolute Gasteiger partial charge is 0.455 e. The van der Waals surface area contributed by atoms with Crippen LogP contribution >= 0.6 is 23.4 Å². The highest BCUT2D eigenvalue weighted by Crippen LogP contribution is 2.35. The Bertz CT molecular complexity index is 589. The van der Waals surface area contributed by atoms with Crippen molar-refractivity contribution in [2.45, 2.75) is 24.8 Å². The maximum atomic E-state index is 6.33. The zero-order valence-corrected chi connectivity index (χ0v) is 13.9. The summed E-state index contributed by atoms with van der Waals surface area (Å²) in [6, 6.07) is 13.9. The van der Waals surface area contributed by atoms with Gasteiger partial charge in [-0.2, -0.15) is 0 Å². The Morgan fingerprint density at radius 2 is 1.95 bits per heavy atom. The molecule has 2 aromatic rings. The zero-order chi connectivity index (χ0) is 15.1. The first kappa shape index (κ1) is 16.2. The minimum Gasteiger partial charge on any atom is -0.455 e. The minimum atomic E-state index is 0.640. The first-order valence-electron chi connectivity index (χ1n) is 7.04. The van der Waals surface area contributed by atoms with Crippen LogP contribution in [0.5, 0.6) is 11.5 Å². The standard InChI is InChI=1S/C17H20ClNOS/c1-3-10-19-12-13-8-9-15(14(18)11-13)20-16-6-4-5-7-17(16)21-2/h4-9,11,19H,3,10,12H2,1-2H3. The predicted molar refractivity (Wildman–Crippen MR) is 91.7 cm³/mol. The first-order valence-corrected chi connectivity index (χ1v) is 8.65. The molecule has 2 nitrogen and oxygen atoms in total. The maximum Gasteiger partial charge on any atom is 0.146 e. The van der Waals surface area contributed by atoms with Gasteiger partial charge in [0.25, 0.3) is 0 Å². The van der Waals surface area contributed by atoms with E-state index in [2.05, 4.69) is 12.2 Å². The molecule has 0 aliphatic carbocycles. The third kappa shape index (κ3) is 4.67. The Morgan fingerprint density at radius 3 is 2.67 bits per heavy atom. The Kier molecular flexibility index (Phi) is 6.43. The number of hydrogen-bond acceptors (Lipinski definition) is 3. The number of halogens is 1. The van der Waals surface area contributed by atoms with E-state index in [9.17, 15) is 0 Å². The SMILES string of the molecule is CCCNCc1ccc(Oc2ccccc2SC)c(Cl)c1. The average Bonchev–Trinajstić information content (AvgIpc) is 2.50. The second-order valence-corrected chi connectivity index (χ2v) is 5.95. The smallest absolute Gasteiger partial charge is 0.146 e. The quantitative estimate of drug-likeness (QED) is 0.548. The van der Waals surface area contributed by atoms with Gasteiger partial charge in [-0.1, -0.05) is 36.7 Å². The molecule has 0 heterocycles. The van der Waals surface area contributed by atoms with E-state index in [1.54, 1.807) is 11.8 Å². The molecule has 0 unspecified atom stereocenters. The molecule has 0 radical (unpaired) electrons. The second kappa shape index (κ2) is 8.32. The van der Waals surface area contributed by atoms with Crippen LogP contribution in [0.4, 0.5) is 0 Å². The van der Waals surface area contributed by atoms with Crippen molar-refractivity contribution in [3.8, 4) is 11.5 Å². The van der Waals surface area contributed by atoms with Crippen molar-refractivity contribution >= 4 is 23.4 Å². The lowest BCUT2D eigenvalue weighted by molar-refractivity contribution is 0.471. The first-order chi connectivity index (χ1) is 10.2. The highest BCUT2D eigenvalue weighted by Gasteiger charge is 2.07. The van der Waals surface area contributed by atoms with Crippen molar-refractivity contribution in [2.75, 3.05) is 12.8 Å². The van der Waals surface area contributed by atoms with Crippen LogP contribution in [0.1, 0.15) is 18.9 Å². The van der Waals surface area contributed by atoms with Crippen molar-refractivity contribution in [3.05, 3.63) is 53.1 Å². The summed E-state index contributed by atoms with van der Waals surface area (Å²) in [5.41, 5.74) is 1.17. The number of benzene rings is 2. The van der Waals surface area contributed by atoms with Crippen LogP contribution in [0.25, 0.3) is 0 Å². The molecule has 0 saturated carbocycles. The highest BCUT2D eigenvalue weighted by atomic mass is 35.5. The van der Waals surface area contributed by atoms with Gasteiger partial charge in [0, 0.05) is 11.4 Å². The summed E-state index contributed by atoms with van der Waals surface area (Å²) in [6.45, 7) is 3.99. The number of ether oxygens (including phenoxy) is 1. The van der Waals surface area contributed by atoms with Crippen LogP contribution in [0, 0.1) is 0 Å².